The van der Waals surface area contributed by atoms with Crippen molar-refractivity contribution in [1.29, 1.82) is 0 Å². The van der Waals surface area contributed by atoms with Gasteiger partial charge in [-0.3, -0.25) is 0 Å². The second-order valence-electron chi connectivity index (χ2n) is 4.04. The molecule has 0 unspecified atom stereocenters. The van der Waals surface area contributed by atoms with Crippen LogP contribution in [0.4, 0.5) is 11.7 Å². The lowest BCUT2D eigenvalue weighted by molar-refractivity contribution is 0.569. The van der Waals surface area contributed by atoms with E-state index in [0.29, 0.717) is 21.4 Å². The van der Waals surface area contributed by atoms with Gasteiger partial charge in [-0.15, -0.1) is 0 Å². The van der Waals surface area contributed by atoms with Gasteiger partial charge in [0.25, 0.3) is 10.0 Å². The Kier molecular flexibility index (Phi) is 3.55. The molecule has 0 atom stereocenters. The van der Waals surface area contributed by atoms with Gasteiger partial charge in [-0.1, -0.05) is 0 Å². The molecule has 0 bridgehead atoms. The highest BCUT2D eigenvalue weighted by Gasteiger charge is 2.20. The number of aromatic nitrogens is 1. The summed E-state index contributed by atoms with van der Waals surface area (Å²) in [5, 5.41) is 0. The smallest absolute Gasteiger partial charge is 0.309 e. The van der Waals surface area contributed by atoms with Crippen LogP contribution in [0.5, 0.6) is 0 Å². The first kappa shape index (κ1) is 13.9. The molecule has 1 aromatic heterocycles. The number of benzene rings is 1. The average molecular weight is 346 g/mol. The molecule has 0 aliphatic rings. The number of hydrogen-bond acceptors (Lipinski definition) is 5. The van der Waals surface area contributed by atoms with Gasteiger partial charge in [0.2, 0.25) is 0 Å². The maximum absolute atomic E-state index is 12.2. The van der Waals surface area contributed by atoms with Crippen LogP contribution in [-0.4, -0.2) is 13.4 Å². The summed E-state index contributed by atoms with van der Waals surface area (Å²) in [5.74, 6) is 0. The number of hydrogen-bond donors (Lipinski definition) is 2. The molecule has 0 radical (unpaired) electrons. The van der Waals surface area contributed by atoms with Crippen molar-refractivity contribution in [3.05, 3.63) is 34.1 Å². The van der Waals surface area contributed by atoms with Crippen LogP contribution in [0.3, 0.4) is 0 Å². The monoisotopic (exact) mass is 345 g/mol. The summed E-state index contributed by atoms with van der Waals surface area (Å²) in [5.41, 5.74) is 7.20. The van der Waals surface area contributed by atoms with Gasteiger partial charge >= 0.3 is 6.01 Å². The molecule has 0 amide bonds. The highest BCUT2D eigenvalue weighted by molar-refractivity contribution is 9.10. The van der Waals surface area contributed by atoms with Crippen LogP contribution in [-0.2, 0) is 10.0 Å². The number of sulfonamides is 1. The quantitative estimate of drug-likeness (QED) is 0.832. The summed E-state index contributed by atoms with van der Waals surface area (Å²) in [7, 11) is -3.78. The summed E-state index contributed by atoms with van der Waals surface area (Å²) in [6, 6.07) is 2.96. The number of nitrogens with two attached hydrogens (primary N) is 1. The predicted molar refractivity (Wildman–Crippen MR) is 75.3 cm³/mol. The van der Waals surface area contributed by atoms with Gasteiger partial charge in [0, 0.05) is 10.2 Å². The zero-order valence-electron chi connectivity index (χ0n) is 10.3. The van der Waals surface area contributed by atoms with E-state index in [1.54, 1.807) is 19.9 Å². The van der Waals surface area contributed by atoms with E-state index in [1.807, 2.05) is 0 Å². The average Bonchev–Trinajstić information content (AvgIpc) is 2.68. The number of nitrogen functional groups attached to an aromatic ring is 1. The molecule has 0 saturated carbocycles. The molecule has 8 heteroatoms. The molecule has 2 rings (SSSR count). The lowest BCUT2D eigenvalue weighted by Crippen LogP contribution is -2.15. The van der Waals surface area contributed by atoms with E-state index in [-0.39, 0.29) is 10.9 Å². The molecule has 6 nitrogen and oxygen atoms in total. The van der Waals surface area contributed by atoms with Crippen molar-refractivity contribution in [2.45, 2.75) is 18.7 Å². The van der Waals surface area contributed by atoms with Crippen LogP contribution in [0.2, 0.25) is 0 Å². The van der Waals surface area contributed by atoms with E-state index in [4.69, 9.17) is 10.2 Å². The summed E-state index contributed by atoms with van der Waals surface area (Å²) in [6.07, 6.45) is 1.36. The fraction of sp³-hybridized carbons (Fsp3) is 0.182. The largest absolute Gasteiger partial charge is 0.431 e. The van der Waals surface area contributed by atoms with Crippen molar-refractivity contribution in [2.24, 2.45) is 0 Å². The van der Waals surface area contributed by atoms with Gasteiger partial charge < -0.3 is 10.2 Å². The normalized spacial score (nSPS) is 11.5. The Morgan fingerprint density at radius 2 is 2.05 bits per heavy atom. The predicted octanol–water partition coefficient (Wildman–Crippen LogP) is 2.44. The summed E-state index contributed by atoms with van der Waals surface area (Å²) < 4.78 is 32.3. The number of halogens is 1. The molecule has 0 spiro atoms. The second kappa shape index (κ2) is 4.86. The molecule has 0 aliphatic carbocycles. The van der Waals surface area contributed by atoms with Gasteiger partial charge in [0.05, 0.1) is 10.6 Å². The third kappa shape index (κ3) is 2.90. The van der Waals surface area contributed by atoms with Crippen LogP contribution in [0.15, 0.2) is 32.2 Å². The Hall–Kier alpha value is -1.54. The highest BCUT2D eigenvalue weighted by atomic mass is 79.9. The molecule has 0 fully saturated rings. The van der Waals surface area contributed by atoms with E-state index in [2.05, 4.69) is 25.6 Å². The number of nitrogens with zero attached hydrogens (tertiary/aromatic N) is 1. The summed E-state index contributed by atoms with van der Waals surface area (Å²) in [4.78, 5) is 3.98. The lowest BCUT2D eigenvalue weighted by atomic mass is 10.2. The molecule has 102 valence electrons. The zero-order chi connectivity index (χ0) is 14.2. The first-order chi connectivity index (χ1) is 8.79. The molecule has 0 saturated heterocycles. The topological polar surface area (TPSA) is 98.2 Å². The third-order valence-corrected chi connectivity index (χ3v) is 4.57. The van der Waals surface area contributed by atoms with Gasteiger partial charge in [0.1, 0.15) is 6.26 Å². The number of rotatable bonds is 3. The SMILES string of the molecule is Cc1coc(NS(=O)(=O)c2cc(N)c(Br)cc2C)n1. The number of nitrogens with one attached hydrogen (secondary N) is 1. The van der Waals surface area contributed by atoms with E-state index in [0.717, 1.165) is 0 Å². The summed E-state index contributed by atoms with van der Waals surface area (Å²) in [6.45, 7) is 3.38. The van der Waals surface area contributed by atoms with Crippen molar-refractivity contribution in [1.82, 2.24) is 4.98 Å². The number of oxazole rings is 1. The first-order valence-corrected chi connectivity index (χ1v) is 7.58. The van der Waals surface area contributed by atoms with Gasteiger partial charge in [-0.25, -0.2) is 13.1 Å². The van der Waals surface area contributed by atoms with Crippen LogP contribution in [0.25, 0.3) is 0 Å². The number of aryl methyl sites for hydroxylation is 2. The van der Waals surface area contributed by atoms with E-state index < -0.39 is 10.0 Å². The van der Waals surface area contributed by atoms with Crippen LogP contribution < -0.4 is 10.5 Å². The van der Waals surface area contributed by atoms with Gasteiger partial charge in [-0.05, 0) is 47.5 Å². The summed E-state index contributed by atoms with van der Waals surface area (Å²) >= 11 is 3.25. The van der Waals surface area contributed by atoms with Crippen molar-refractivity contribution < 1.29 is 12.8 Å². The fourth-order valence-electron chi connectivity index (χ4n) is 1.53. The minimum atomic E-state index is -3.78. The first-order valence-electron chi connectivity index (χ1n) is 5.30. The Balaban J connectivity index is 2.42. The van der Waals surface area contributed by atoms with Crippen molar-refractivity contribution in [2.75, 3.05) is 10.5 Å². The van der Waals surface area contributed by atoms with Gasteiger partial charge in [0.15, 0.2) is 0 Å². The molecule has 1 heterocycles. The van der Waals surface area contributed by atoms with Crippen LogP contribution in [0.1, 0.15) is 11.3 Å². The Labute approximate surface area is 119 Å². The Morgan fingerprint density at radius 3 is 2.63 bits per heavy atom. The Bertz CT molecular complexity index is 725. The van der Waals surface area contributed by atoms with Crippen molar-refractivity contribution >= 4 is 37.7 Å². The maximum atomic E-state index is 12.2. The zero-order valence-corrected chi connectivity index (χ0v) is 12.7. The van der Waals surface area contributed by atoms with E-state index >= 15 is 0 Å². The molecule has 19 heavy (non-hydrogen) atoms. The molecule has 1 aromatic carbocycles. The highest BCUT2D eigenvalue weighted by Crippen LogP contribution is 2.27. The van der Waals surface area contributed by atoms with E-state index in [9.17, 15) is 8.42 Å². The Morgan fingerprint density at radius 1 is 1.37 bits per heavy atom. The minimum absolute atomic E-state index is 0.0709. The molecular formula is C11H12BrN3O3S. The van der Waals surface area contributed by atoms with E-state index in [1.165, 1.54) is 12.3 Å². The molecule has 3 N–H and O–H groups in total. The van der Waals surface area contributed by atoms with Crippen LogP contribution >= 0.6 is 15.9 Å². The van der Waals surface area contributed by atoms with Gasteiger partial charge in [-0.2, -0.15) is 4.98 Å². The maximum Gasteiger partial charge on any atom is 0.309 e. The van der Waals surface area contributed by atoms with Crippen molar-refractivity contribution in [3.8, 4) is 0 Å². The minimum Gasteiger partial charge on any atom is -0.431 e. The number of anilines is 2. The van der Waals surface area contributed by atoms with Crippen molar-refractivity contribution in [3.63, 3.8) is 0 Å². The molecule has 0 aliphatic heterocycles. The standard InChI is InChI=1S/C11H12BrN3O3S/c1-6-3-8(12)9(13)4-10(6)19(16,17)15-11-14-7(2)5-18-11/h3-5H,13H2,1-2H3,(H,14,15). The third-order valence-electron chi connectivity index (χ3n) is 2.42. The van der Waals surface area contributed by atoms with Crippen LogP contribution in [0, 0.1) is 13.8 Å². The molecular weight excluding hydrogens is 334 g/mol. The fourth-order valence-corrected chi connectivity index (χ4v) is 3.19. The second-order valence-corrected chi connectivity index (χ2v) is 6.54. The lowest BCUT2D eigenvalue weighted by Gasteiger charge is -2.09. The molecule has 2 aromatic rings.